The molecule has 13 heteroatoms. The number of hydrogen-bond donors (Lipinski definition) is 4. The van der Waals surface area contributed by atoms with Crippen LogP contribution in [-0.4, -0.2) is 26.4 Å². The molecule has 0 heterocycles. The van der Waals surface area contributed by atoms with E-state index < -0.39 is 10.0 Å². The fourth-order valence-corrected chi connectivity index (χ4v) is 3.37. The molecule has 0 aromatic heterocycles. The molecular weight excluding hydrogens is 468 g/mol. The smallest absolute Gasteiger partial charge is 0.238 e. The maximum atomic E-state index is 11.4. The molecule has 5 N–H and O–H groups in total. The van der Waals surface area contributed by atoms with Crippen molar-refractivity contribution in [2.24, 2.45) is 20.5 Å². The lowest BCUT2D eigenvalue weighted by molar-refractivity contribution is -0.237. The number of amidine groups is 1. The third-order valence-corrected chi connectivity index (χ3v) is 5.46. The van der Waals surface area contributed by atoms with E-state index in [1.807, 2.05) is 18.2 Å². The largest absolute Gasteiger partial charge is 0.506 e. The summed E-state index contributed by atoms with van der Waals surface area (Å²) in [6.45, 7) is 0. The highest BCUT2D eigenvalue weighted by Gasteiger charge is 2.08. The van der Waals surface area contributed by atoms with E-state index >= 15 is 0 Å². The van der Waals surface area contributed by atoms with E-state index in [0.29, 0.717) is 16.1 Å². The molecule has 0 aliphatic carbocycles. The normalized spacial score (nSPS) is 12.2. The summed E-state index contributed by atoms with van der Waals surface area (Å²) in [5, 5.41) is 27.8. The first-order valence-electron chi connectivity index (χ1n) is 9.30. The van der Waals surface area contributed by atoms with Crippen molar-refractivity contribution >= 4 is 39.3 Å². The Morgan fingerprint density at radius 1 is 1.06 bits per heavy atom. The molecule has 0 amide bonds. The minimum absolute atomic E-state index is 0.0164. The Labute approximate surface area is 194 Å². The van der Waals surface area contributed by atoms with Crippen molar-refractivity contribution in [3.05, 3.63) is 78.4 Å². The Balaban J connectivity index is 1.85. The van der Waals surface area contributed by atoms with E-state index in [1.165, 1.54) is 30.3 Å². The van der Waals surface area contributed by atoms with E-state index in [4.69, 9.17) is 9.47 Å². The van der Waals surface area contributed by atoms with Crippen molar-refractivity contribution in [1.82, 2.24) is 5.48 Å². The molecule has 0 saturated heterocycles. The average Bonchev–Trinajstić information content (AvgIpc) is 2.81. The van der Waals surface area contributed by atoms with Gasteiger partial charge >= 0.3 is 0 Å². The highest BCUT2D eigenvalue weighted by atomic mass is 32.2. The monoisotopic (exact) mass is 488 g/mol. The number of phenolic OH excluding ortho intramolecular Hbond substituents is 1. The molecule has 172 valence electrons. The van der Waals surface area contributed by atoms with Gasteiger partial charge in [0.1, 0.15) is 11.4 Å². The number of primary sulfonamides is 1. The van der Waals surface area contributed by atoms with Gasteiger partial charge in [-0.3, -0.25) is 5.43 Å². The highest BCUT2D eigenvalue weighted by molar-refractivity contribution is 7.94. The molecule has 3 rings (SSSR count). The topological polar surface area (TPSA) is 160 Å². The van der Waals surface area contributed by atoms with Gasteiger partial charge in [0.05, 0.1) is 22.6 Å². The minimum atomic E-state index is -3.79. The van der Waals surface area contributed by atoms with Crippen LogP contribution in [0.3, 0.4) is 0 Å². The molecule has 0 atom stereocenters. The van der Waals surface area contributed by atoms with Gasteiger partial charge in [0.15, 0.2) is 0 Å². The van der Waals surface area contributed by atoms with Gasteiger partial charge in [0.2, 0.25) is 15.9 Å². The number of benzene rings is 3. The van der Waals surface area contributed by atoms with Crippen LogP contribution in [0.5, 0.6) is 5.75 Å². The second kappa shape index (κ2) is 11.5. The van der Waals surface area contributed by atoms with Gasteiger partial charge in [-0.05, 0) is 42.5 Å². The number of nitrogens with two attached hydrogens (primary N) is 1. The summed E-state index contributed by atoms with van der Waals surface area (Å²) in [7, 11) is -2.25. The van der Waals surface area contributed by atoms with Gasteiger partial charge in [-0.1, -0.05) is 30.3 Å². The quantitative estimate of drug-likeness (QED) is 0.0675. The predicted molar refractivity (Wildman–Crippen MR) is 124 cm³/mol. The van der Waals surface area contributed by atoms with Gasteiger partial charge in [0.25, 0.3) is 0 Å². The van der Waals surface area contributed by atoms with E-state index in [-0.39, 0.29) is 22.2 Å². The van der Waals surface area contributed by atoms with Crippen LogP contribution >= 0.6 is 12.0 Å². The SMILES string of the molecule is CNOOSc1ccc(O)c(N=NC(=NNc2ccc(S(N)(=O)=O)cc2)c2ccccc2)c1. The van der Waals surface area contributed by atoms with Crippen molar-refractivity contribution in [1.29, 1.82) is 0 Å². The van der Waals surface area contributed by atoms with E-state index in [9.17, 15) is 13.5 Å². The Bertz CT molecular complexity index is 1240. The number of nitrogens with one attached hydrogen (secondary N) is 2. The number of hydrazone groups is 1. The zero-order chi connectivity index (χ0) is 23.7. The lowest BCUT2D eigenvalue weighted by atomic mass is 10.2. The number of nitrogens with zero attached hydrogens (tertiary/aromatic N) is 3. The first-order valence-corrected chi connectivity index (χ1v) is 11.6. The number of hydroxylamine groups is 1. The third kappa shape index (κ3) is 7.35. The molecule has 3 aromatic rings. The number of sulfonamides is 1. The first-order chi connectivity index (χ1) is 15.9. The van der Waals surface area contributed by atoms with Crippen molar-refractivity contribution in [3.8, 4) is 5.75 Å². The summed E-state index contributed by atoms with van der Waals surface area (Å²) in [5.41, 5.74) is 6.53. The summed E-state index contributed by atoms with van der Waals surface area (Å²) in [4.78, 5) is 5.19. The first kappa shape index (κ1) is 24.3. The number of rotatable bonds is 9. The van der Waals surface area contributed by atoms with E-state index in [1.54, 1.807) is 31.3 Å². The molecule has 0 bridgehead atoms. The summed E-state index contributed by atoms with van der Waals surface area (Å²) >= 11 is 0.917. The molecule has 0 unspecified atom stereocenters. The molecule has 33 heavy (non-hydrogen) atoms. The molecule has 0 radical (unpaired) electrons. The molecule has 0 spiro atoms. The predicted octanol–water partition coefficient (Wildman–Crippen LogP) is 3.69. The van der Waals surface area contributed by atoms with Gasteiger partial charge < -0.3 is 5.11 Å². The zero-order valence-corrected chi connectivity index (χ0v) is 18.9. The molecule has 11 nitrogen and oxygen atoms in total. The highest BCUT2D eigenvalue weighted by Crippen LogP contribution is 2.32. The number of azo groups is 1. The molecular formula is C20H20N6O5S2. The lowest BCUT2D eigenvalue weighted by Crippen LogP contribution is -2.11. The zero-order valence-electron chi connectivity index (χ0n) is 17.2. The Morgan fingerprint density at radius 3 is 2.45 bits per heavy atom. The number of hydrogen-bond acceptors (Lipinski definition) is 10. The van der Waals surface area contributed by atoms with Crippen LogP contribution in [0.1, 0.15) is 5.56 Å². The van der Waals surface area contributed by atoms with Crippen molar-refractivity contribution < 1.29 is 22.8 Å². The van der Waals surface area contributed by atoms with Crippen LogP contribution in [0.2, 0.25) is 0 Å². The van der Waals surface area contributed by atoms with Gasteiger partial charge in [-0.25, -0.2) is 13.6 Å². The van der Waals surface area contributed by atoms with E-state index in [2.05, 4.69) is 31.2 Å². The minimum Gasteiger partial charge on any atom is -0.506 e. The molecule has 0 aliphatic heterocycles. The second-order valence-electron chi connectivity index (χ2n) is 6.27. The van der Waals surface area contributed by atoms with Crippen LogP contribution in [0.25, 0.3) is 0 Å². The standard InChI is InChI=1S/C20H20N6O5S2/c1-22-30-31-32-16-9-12-19(27)18(13-16)24-26-20(14-5-3-2-4-6-14)25-23-15-7-10-17(11-8-15)33(21,28)29/h2-13,22-23,27H,1H3,(H2,21,28,29). The van der Waals surface area contributed by atoms with Crippen LogP contribution in [0.15, 0.2) is 97.9 Å². The Hall–Kier alpha value is -3.33. The van der Waals surface area contributed by atoms with Crippen LogP contribution in [0.4, 0.5) is 11.4 Å². The van der Waals surface area contributed by atoms with Crippen molar-refractivity contribution in [2.45, 2.75) is 9.79 Å². The Morgan fingerprint density at radius 2 is 1.79 bits per heavy atom. The summed E-state index contributed by atoms with van der Waals surface area (Å²) in [6, 6.07) is 19.4. The average molecular weight is 489 g/mol. The number of phenols is 1. The fraction of sp³-hybridized carbons (Fsp3) is 0.0500. The molecule has 0 aliphatic rings. The number of aromatic hydroxyl groups is 1. The molecule has 3 aromatic carbocycles. The van der Waals surface area contributed by atoms with Crippen molar-refractivity contribution in [2.75, 3.05) is 12.5 Å². The molecule has 0 fully saturated rings. The third-order valence-electron chi connectivity index (χ3n) is 3.95. The van der Waals surface area contributed by atoms with Crippen LogP contribution in [-0.2, 0) is 19.3 Å². The van der Waals surface area contributed by atoms with Gasteiger partial charge in [-0.15, -0.1) is 19.6 Å². The van der Waals surface area contributed by atoms with Gasteiger partial charge in [0, 0.05) is 17.5 Å². The Kier molecular flexibility index (Phi) is 8.48. The van der Waals surface area contributed by atoms with Crippen molar-refractivity contribution in [3.63, 3.8) is 0 Å². The summed E-state index contributed by atoms with van der Waals surface area (Å²) in [5.74, 6) is 0.134. The lowest BCUT2D eigenvalue weighted by Gasteiger charge is -2.05. The van der Waals surface area contributed by atoms with E-state index in [0.717, 1.165) is 12.0 Å². The van der Waals surface area contributed by atoms with Crippen LogP contribution < -0.4 is 16.0 Å². The maximum absolute atomic E-state index is 11.4. The second-order valence-corrected chi connectivity index (χ2v) is 8.61. The van der Waals surface area contributed by atoms with Crippen LogP contribution in [0, 0.1) is 0 Å². The number of anilines is 1. The fourth-order valence-electron chi connectivity index (χ4n) is 2.40. The summed E-state index contributed by atoms with van der Waals surface area (Å²) < 4.78 is 27.7. The molecule has 0 saturated carbocycles. The van der Waals surface area contributed by atoms with Gasteiger partial charge in [-0.2, -0.15) is 10.6 Å². The maximum Gasteiger partial charge on any atom is 0.238 e. The summed E-state index contributed by atoms with van der Waals surface area (Å²) in [6.07, 6.45) is 0.